The molecular weight excluding hydrogens is 300 g/mol. The molecule has 0 aliphatic heterocycles. The van der Waals surface area contributed by atoms with Gasteiger partial charge in [-0.05, 0) is 39.9 Å². The van der Waals surface area contributed by atoms with Gasteiger partial charge in [0.15, 0.2) is 0 Å². The quantitative estimate of drug-likeness (QED) is 0.668. The lowest BCUT2D eigenvalue weighted by Gasteiger charge is -2.16. The van der Waals surface area contributed by atoms with Crippen molar-refractivity contribution in [3.05, 3.63) is 78.4 Å². The minimum absolute atomic E-state index is 0.295. The molecule has 0 fully saturated rings. The second-order valence-electron chi connectivity index (χ2n) is 5.10. The van der Waals surface area contributed by atoms with Crippen molar-refractivity contribution >= 4 is 25.4 Å². The Morgan fingerprint density at radius 3 is 1.95 bits per heavy atom. The third-order valence-corrected chi connectivity index (χ3v) is 4.94. The van der Waals surface area contributed by atoms with Crippen LogP contribution in [-0.4, -0.2) is 20.2 Å². The van der Waals surface area contributed by atoms with Crippen molar-refractivity contribution in [3.8, 4) is 22.3 Å². The molecule has 0 saturated carbocycles. The lowest BCUT2D eigenvalue weighted by atomic mass is 9.91. The lowest BCUT2D eigenvalue weighted by Crippen LogP contribution is -2.20. The minimum Gasteiger partial charge on any atom is -0.454 e. The maximum Gasteiger partial charge on any atom is 0.256 e. The predicted molar refractivity (Wildman–Crippen MR) is 94.3 cm³/mol. The van der Waals surface area contributed by atoms with E-state index in [9.17, 15) is 0 Å². The fraction of sp³-hybridized carbons (Fsp3) is 0.0526. The van der Waals surface area contributed by atoms with Crippen LogP contribution in [0, 0.1) is 6.92 Å². The Kier molecular flexibility index (Phi) is 4.68. The van der Waals surface area contributed by atoms with Crippen LogP contribution in [0.5, 0.6) is 0 Å². The summed E-state index contributed by atoms with van der Waals surface area (Å²) in [6.45, 7) is 2.17. The molecule has 0 atom stereocenters. The van der Waals surface area contributed by atoms with Crippen LogP contribution in [-0.2, 0) is 4.12 Å². The van der Waals surface area contributed by atoms with Gasteiger partial charge >= 0.3 is 0 Å². The first-order valence-electron chi connectivity index (χ1n) is 7.14. The van der Waals surface area contributed by atoms with Crippen molar-refractivity contribution in [3.63, 3.8) is 0 Å². The van der Waals surface area contributed by atoms with Crippen molar-refractivity contribution in [2.24, 2.45) is 0 Å². The molecule has 0 aliphatic carbocycles. The van der Waals surface area contributed by atoms with Gasteiger partial charge in [-0.25, -0.2) is 0 Å². The topological polar surface area (TPSA) is 9.23 Å². The molecule has 0 spiro atoms. The van der Waals surface area contributed by atoms with Crippen LogP contribution in [0.2, 0.25) is 0 Å². The molecule has 0 N–H and O–H groups in total. The van der Waals surface area contributed by atoms with E-state index in [0.29, 0.717) is 9.76 Å². The van der Waals surface area contributed by atoms with E-state index in [1.165, 1.54) is 33.0 Å². The molecular formula is C19H15OSi2. The van der Waals surface area contributed by atoms with Gasteiger partial charge in [0.25, 0.3) is 9.76 Å². The van der Waals surface area contributed by atoms with E-state index in [0.717, 1.165) is 0 Å². The largest absolute Gasteiger partial charge is 0.454 e. The Labute approximate surface area is 137 Å². The highest BCUT2D eigenvalue weighted by Crippen LogP contribution is 2.33. The zero-order valence-electron chi connectivity index (χ0n) is 12.3. The number of hydrogen-bond acceptors (Lipinski definition) is 1. The summed E-state index contributed by atoms with van der Waals surface area (Å²) in [6.07, 6.45) is 0. The summed E-state index contributed by atoms with van der Waals surface area (Å²) in [7, 11) is 3.42. The molecule has 0 aliphatic rings. The highest BCUT2D eigenvalue weighted by Gasteiger charge is 2.13. The van der Waals surface area contributed by atoms with Crippen LogP contribution >= 0.6 is 0 Å². The molecule has 3 rings (SSSR count). The molecule has 1 nitrogen and oxygen atoms in total. The third kappa shape index (κ3) is 2.97. The Balaban J connectivity index is 2.24. The number of rotatable bonds is 4. The summed E-state index contributed by atoms with van der Waals surface area (Å²) >= 11 is 0. The van der Waals surface area contributed by atoms with E-state index in [4.69, 9.17) is 4.12 Å². The summed E-state index contributed by atoms with van der Waals surface area (Å²) in [6, 6.07) is 25.4. The highest BCUT2D eigenvalue weighted by molar-refractivity contribution is 6.51. The van der Waals surface area contributed by atoms with Crippen LogP contribution in [0.25, 0.3) is 22.3 Å². The Bertz CT molecular complexity index is 755. The Morgan fingerprint density at radius 1 is 0.773 bits per heavy atom. The van der Waals surface area contributed by atoms with E-state index < -0.39 is 0 Å². The summed E-state index contributed by atoms with van der Waals surface area (Å²) in [5, 5.41) is 1.22. The fourth-order valence-electron chi connectivity index (χ4n) is 2.71. The average molecular weight is 316 g/mol. The molecule has 3 aromatic carbocycles. The first-order valence-corrected chi connectivity index (χ1v) is 8.46. The maximum absolute atomic E-state index is 5.18. The predicted octanol–water partition coefficient (Wildman–Crippen LogP) is 3.67. The van der Waals surface area contributed by atoms with E-state index in [-0.39, 0.29) is 0 Å². The third-order valence-electron chi connectivity index (χ3n) is 3.77. The molecule has 3 heteroatoms. The number of hydrogen-bond donors (Lipinski definition) is 0. The highest BCUT2D eigenvalue weighted by atomic mass is 28.3. The fourth-order valence-corrected chi connectivity index (χ4v) is 3.58. The minimum atomic E-state index is 0.295. The maximum atomic E-state index is 5.18. The number of benzene rings is 3. The smallest absolute Gasteiger partial charge is 0.256 e. The molecule has 5 radical (unpaired) electrons. The van der Waals surface area contributed by atoms with Gasteiger partial charge in [0.1, 0.15) is 0 Å². The first kappa shape index (κ1) is 15.0. The molecule has 22 heavy (non-hydrogen) atoms. The van der Waals surface area contributed by atoms with E-state index in [1.807, 2.05) is 12.1 Å². The Morgan fingerprint density at radius 2 is 1.36 bits per heavy atom. The second kappa shape index (κ2) is 6.88. The molecule has 0 saturated heterocycles. The van der Waals surface area contributed by atoms with Crippen molar-refractivity contribution in [2.45, 2.75) is 6.92 Å². The Hall–Kier alpha value is -1.95. The van der Waals surface area contributed by atoms with Gasteiger partial charge in [-0.1, -0.05) is 72.8 Å². The van der Waals surface area contributed by atoms with Gasteiger partial charge in [-0.2, -0.15) is 0 Å². The molecule has 0 aromatic heterocycles. The normalized spacial score (nSPS) is 10.6. The lowest BCUT2D eigenvalue weighted by molar-refractivity contribution is 0.676. The molecule has 0 unspecified atom stereocenters. The van der Waals surface area contributed by atoms with Crippen LogP contribution in [0.1, 0.15) is 5.56 Å². The van der Waals surface area contributed by atoms with Gasteiger partial charge in [0.05, 0.1) is 0 Å². The van der Waals surface area contributed by atoms with Crippen LogP contribution in [0.3, 0.4) is 0 Å². The van der Waals surface area contributed by atoms with E-state index >= 15 is 0 Å². The van der Waals surface area contributed by atoms with Crippen molar-refractivity contribution < 1.29 is 4.12 Å². The van der Waals surface area contributed by atoms with Gasteiger partial charge in [-0.3, -0.25) is 0 Å². The van der Waals surface area contributed by atoms with Gasteiger partial charge in [0, 0.05) is 0 Å². The van der Waals surface area contributed by atoms with Gasteiger partial charge in [-0.15, -0.1) is 0 Å². The summed E-state index contributed by atoms with van der Waals surface area (Å²) in [5.74, 6) is 0. The van der Waals surface area contributed by atoms with Gasteiger partial charge in [0.2, 0.25) is 10.5 Å². The molecule has 0 amide bonds. The monoisotopic (exact) mass is 315 g/mol. The molecule has 3 aromatic rings. The molecule has 0 bridgehead atoms. The summed E-state index contributed by atoms with van der Waals surface area (Å²) in [5.41, 5.74) is 6.27. The van der Waals surface area contributed by atoms with Crippen molar-refractivity contribution in [1.29, 1.82) is 0 Å². The van der Waals surface area contributed by atoms with Crippen LogP contribution in [0.15, 0.2) is 72.8 Å². The molecule has 0 heterocycles. The van der Waals surface area contributed by atoms with Crippen molar-refractivity contribution in [2.75, 3.05) is 0 Å². The average Bonchev–Trinajstić information content (AvgIpc) is 2.58. The zero-order chi connectivity index (χ0) is 15.4. The zero-order valence-corrected chi connectivity index (χ0v) is 14.3. The SMILES string of the molecule is Cc1c([Si]O[Si])ccc(-c2ccccc2)c1-c1ccccc1. The summed E-state index contributed by atoms with van der Waals surface area (Å²) < 4.78 is 5.18. The first-order chi connectivity index (χ1) is 10.8. The second-order valence-corrected chi connectivity index (χ2v) is 6.66. The van der Waals surface area contributed by atoms with E-state index in [2.05, 4.69) is 78.1 Å². The van der Waals surface area contributed by atoms with Crippen molar-refractivity contribution in [1.82, 2.24) is 0 Å². The van der Waals surface area contributed by atoms with Gasteiger partial charge < -0.3 is 4.12 Å². The van der Waals surface area contributed by atoms with Crippen LogP contribution < -0.4 is 5.19 Å². The van der Waals surface area contributed by atoms with Crippen LogP contribution in [0.4, 0.5) is 0 Å². The van der Waals surface area contributed by atoms with E-state index in [1.54, 1.807) is 0 Å². The standard InChI is InChI=1S/C19H15OSi2/c1-14-18(22-20-21)13-12-17(15-8-4-2-5-9-15)19(14)16-10-6-3-7-11-16/h2-13H,1H3. The molecule has 105 valence electrons. The summed E-state index contributed by atoms with van der Waals surface area (Å²) in [4.78, 5) is 0.